The van der Waals surface area contributed by atoms with Gasteiger partial charge in [0.05, 0.1) is 0 Å². The monoisotopic (exact) mass is 296 g/mol. The van der Waals surface area contributed by atoms with Crippen molar-refractivity contribution in [1.29, 1.82) is 0 Å². The Morgan fingerprint density at radius 3 is 1.52 bits per heavy atom. The molecule has 21 heavy (non-hydrogen) atoms. The van der Waals surface area contributed by atoms with Crippen LogP contribution < -0.4 is 5.32 Å². The molecule has 0 aliphatic rings. The number of carbonyl (C=O) groups excluding carboxylic acids is 1. The first-order chi connectivity index (χ1) is 10.2. The highest BCUT2D eigenvalue weighted by Crippen LogP contribution is 2.14. The van der Waals surface area contributed by atoms with Crippen molar-refractivity contribution in [2.24, 2.45) is 5.92 Å². The van der Waals surface area contributed by atoms with Gasteiger partial charge >= 0.3 is 0 Å². The van der Waals surface area contributed by atoms with Gasteiger partial charge < -0.3 is 5.32 Å². The largest absolute Gasteiger partial charge is 0.354 e. The molecule has 0 aromatic carbocycles. The summed E-state index contributed by atoms with van der Waals surface area (Å²) >= 11 is 0. The highest BCUT2D eigenvalue weighted by atomic mass is 16.1. The molecule has 0 saturated carbocycles. The Bertz CT molecular complexity index is 226. The second-order valence-corrected chi connectivity index (χ2v) is 6.78. The third kappa shape index (κ3) is 17.4. The van der Waals surface area contributed by atoms with E-state index in [1.54, 1.807) is 0 Å². The molecule has 2 nitrogen and oxygen atoms in total. The number of unbranched alkanes of at least 4 members (excludes halogenated alkanes) is 11. The third-order valence-electron chi connectivity index (χ3n) is 4.13. The molecule has 1 N–H and O–H groups in total. The Labute approximate surface area is 133 Å². The van der Waals surface area contributed by atoms with Crippen LogP contribution >= 0.6 is 0 Å². The van der Waals surface area contributed by atoms with Gasteiger partial charge in [0.15, 0.2) is 0 Å². The lowest BCUT2D eigenvalue weighted by Gasteiger charge is -2.05. The predicted molar refractivity (Wildman–Crippen MR) is 93.0 cm³/mol. The lowest BCUT2D eigenvalue weighted by atomic mass is 10.0. The summed E-state index contributed by atoms with van der Waals surface area (Å²) in [5.41, 5.74) is 0. The summed E-state index contributed by atoms with van der Waals surface area (Å²) in [6, 6.07) is 0. The van der Waals surface area contributed by atoms with Crippen molar-refractivity contribution in [2.75, 3.05) is 0 Å². The van der Waals surface area contributed by atoms with Gasteiger partial charge in [0.1, 0.15) is 0 Å². The van der Waals surface area contributed by atoms with Crippen LogP contribution in [0.1, 0.15) is 104 Å². The molecule has 0 aliphatic carbocycles. The molecule has 2 heteroatoms. The molecule has 0 fully saturated rings. The van der Waals surface area contributed by atoms with Crippen molar-refractivity contribution in [3.05, 3.63) is 7.05 Å². The molecule has 0 aromatic rings. The average Bonchev–Trinajstić information content (AvgIpc) is 2.46. The first kappa shape index (κ1) is 20.5. The topological polar surface area (TPSA) is 29.1 Å². The van der Waals surface area contributed by atoms with Gasteiger partial charge in [0.2, 0.25) is 5.91 Å². The van der Waals surface area contributed by atoms with E-state index < -0.39 is 0 Å². The highest BCUT2D eigenvalue weighted by Gasteiger charge is 1.98. The van der Waals surface area contributed by atoms with Crippen LogP contribution in [0, 0.1) is 13.0 Å². The summed E-state index contributed by atoms with van der Waals surface area (Å²) in [5.74, 6) is 0.946. The summed E-state index contributed by atoms with van der Waals surface area (Å²) in [6.07, 6.45) is 18.2. The summed E-state index contributed by atoms with van der Waals surface area (Å²) in [7, 11) is 3.37. The van der Waals surface area contributed by atoms with Gasteiger partial charge in [-0.25, -0.2) is 0 Å². The van der Waals surface area contributed by atoms with E-state index in [0.29, 0.717) is 6.42 Å². The molecule has 0 aliphatic heterocycles. The molecule has 125 valence electrons. The fourth-order valence-electron chi connectivity index (χ4n) is 2.69. The van der Waals surface area contributed by atoms with Crippen molar-refractivity contribution in [1.82, 2.24) is 5.32 Å². The van der Waals surface area contributed by atoms with E-state index in [4.69, 9.17) is 0 Å². The molecule has 0 heterocycles. The predicted octanol–water partition coefficient (Wildman–Crippen LogP) is 6.01. The van der Waals surface area contributed by atoms with Crippen LogP contribution in [0.25, 0.3) is 0 Å². The number of hydrogen-bond donors (Lipinski definition) is 1. The summed E-state index contributed by atoms with van der Waals surface area (Å²) < 4.78 is 0. The van der Waals surface area contributed by atoms with Crippen LogP contribution in [0.15, 0.2) is 0 Å². The highest BCUT2D eigenvalue weighted by molar-refractivity contribution is 5.75. The van der Waals surface area contributed by atoms with Gasteiger partial charge in [-0.15, -0.1) is 0 Å². The van der Waals surface area contributed by atoms with Crippen LogP contribution in [-0.2, 0) is 4.79 Å². The van der Waals surface area contributed by atoms with E-state index in [9.17, 15) is 4.79 Å². The van der Waals surface area contributed by atoms with Crippen LogP contribution in [0.3, 0.4) is 0 Å². The van der Waals surface area contributed by atoms with Crippen molar-refractivity contribution in [3.8, 4) is 0 Å². The van der Waals surface area contributed by atoms with Crippen LogP contribution in [0.2, 0.25) is 0 Å². The quantitative estimate of drug-likeness (QED) is 0.368. The molecule has 0 rings (SSSR count). The fourth-order valence-corrected chi connectivity index (χ4v) is 2.69. The Balaban J connectivity index is 3.01. The first-order valence-electron chi connectivity index (χ1n) is 9.22. The maximum atomic E-state index is 11.0. The van der Waals surface area contributed by atoms with Gasteiger partial charge in [-0.05, 0) is 12.3 Å². The smallest absolute Gasteiger partial charge is 0.220 e. The molecular formula is C19H38NO. The molecule has 0 unspecified atom stereocenters. The number of hydrogen-bond acceptors (Lipinski definition) is 1. The minimum Gasteiger partial charge on any atom is -0.354 e. The zero-order chi connectivity index (χ0) is 15.8. The number of amides is 1. The first-order valence-corrected chi connectivity index (χ1v) is 9.22. The van der Waals surface area contributed by atoms with Crippen LogP contribution in [-0.4, -0.2) is 5.91 Å². The van der Waals surface area contributed by atoms with E-state index in [-0.39, 0.29) is 5.91 Å². The number of nitrogens with one attached hydrogen (secondary N) is 1. The fraction of sp³-hybridized carbons (Fsp3) is 0.895. The summed E-state index contributed by atoms with van der Waals surface area (Å²) in [6.45, 7) is 4.63. The van der Waals surface area contributed by atoms with Crippen molar-refractivity contribution >= 4 is 5.91 Å². The molecule has 0 spiro atoms. The Kier molecular flexibility index (Phi) is 15.5. The molecule has 0 aromatic heterocycles. The van der Waals surface area contributed by atoms with Gasteiger partial charge in [0.25, 0.3) is 0 Å². The molecule has 0 bridgehead atoms. The van der Waals surface area contributed by atoms with Crippen molar-refractivity contribution in [2.45, 2.75) is 104 Å². The van der Waals surface area contributed by atoms with Gasteiger partial charge in [-0.3, -0.25) is 4.79 Å². The minimum absolute atomic E-state index is 0.0726. The second kappa shape index (κ2) is 15.9. The van der Waals surface area contributed by atoms with E-state index in [1.807, 2.05) is 0 Å². The minimum atomic E-state index is 0.0726. The summed E-state index contributed by atoms with van der Waals surface area (Å²) in [5, 5.41) is 2.42. The van der Waals surface area contributed by atoms with Gasteiger partial charge in [0, 0.05) is 13.5 Å². The van der Waals surface area contributed by atoms with Crippen LogP contribution in [0.5, 0.6) is 0 Å². The maximum Gasteiger partial charge on any atom is 0.220 e. The normalized spacial score (nSPS) is 11.0. The Morgan fingerprint density at radius 2 is 1.14 bits per heavy atom. The third-order valence-corrected chi connectivity index (χ3v) is 4.13. The second-order valence-electron chi connectivity index (χ2n) is 6.78. The molecular weight excluding hydrogens is 258 g/mol. The van der Waals surface area contributed by atoms with E-state index in [1.165, 1.54) is 77.0 Å². The lowest BCUT2D eigenvalue weighted by molar-refractivity contribution is -0.120. The Hall–Kier alpha value is -0.530. The Morgan fingerprint density at radius 1 is 0.762 bits per heavy atom. The van der Waals surface area contributed by atoms with E-state index in [2.05, 4.69) is 26.2 Å². The van der Waals surface area contributed by atoms with Crippen molar-refractivity contribution < 1.29 is 4.79 Å². The number of carbonyl (C=O) groups is 1. The summed E-state index contributed by atoms with van der Waals surface area (Å²) in [4.78, 5) is 11.0. The van der Waals surface area contributed by atoms with E-state index >= 15 is 0 Å². The van der Waals surface area contributed by atoms with Gasteiger partial charge in [-0.2, -0.15) is 0 Å². The molecule has 0 atom stereocenters. The molecule has 0 saturated heterocycles. The average molecular weight is 297 g/mol. The van der Waals surface area contributed by atoms with E-state index in [0.717, 1.165) is 12.3 Å². The zero-order valence-corrected chi connectivity index (χ0v) is 14.6. The van der Waals surface area contributed by atoms with Gasteiger partial charge in [-0.1, -0.05) is 90.9 Å². The maximum absolute atomic E-state index is 11.0. The number of rotatable bonds is 15. The van der Waals surface area contributed by atoms with Crippen LogP contribution in [0.4, 0.5) is 0 Å². The molecule has 1 radical (unpaired) electrons. The van der Waals surface area contributed by atoms with Crippen molar-refractivity contribution in [3.63, 3.8) is 0 Å². The standard InChI is InChI=1S/C19H38NO/c1-18(2)16-14-12-10-8-6-4-5-7-9-11-13-15-17-19(21)20-3/h18H,3-17H2,1-2H3,(H,20,21). The lowest BCUT2D eigenvalue weighted by Crippen LogP contribution is -2.14. The SMILES string of the molecule is [CH2]NC(=O)CCCCCCCCCCCCCCC(C)C. The molecule has 1 amide bonds. The zero-order valence-electron chi connectivity index (χ0n) is 14.6.